The molecule has 0 heterocycles. The van der Waals surface area contributed by atoms with Crippen LogP contribution in [0.2, 0.25) is 0 Å². The van der Waals surface area contributed by atoms with Crippen LogP contribution >= 0.6 is 0 Å². The van der Waals surface area contributed by atoms with Crippen molar-refractivity contribution in [2.24, 2.45) is 0 Å². The molecule has 0 saturated carbocycles. The van der Waals surface area contributed by atoms with Gasteiger partial charge in [0.1, 0.15) is 5.82 Å². The van der Waals surface area contributed by atoms with Gasteiger partial charge in [-0.15, -0.1) is 0 Å². The molecule has 2 aromatic carbocycles. The molecule has 0 aliphatic rings. The van der Waals surface area contributed by atoms with E-state index >= 15 is 0 Å². The lowest BCUT2D eigenvalue weighted by Crippen LogP contribution is -2.13. The minimum absolute atomic E-state index is 0.189. The summed E-state index contributed by atoms with van der Waals surface area (Å²) in [6.07, 6.45) is 1.14. The van der Waals surface area contributed by atoms with E-state index in [0.717, 1.165) is 30.6 Å². The second-order valence-corrected chi connectivity index (χ2v) is 4.84. The highest BCUT2D eigenvalue weighted by molar-refractivity contribution is 5.67. The van der Waals surface area contributed by atoms with Crippen LogP contribution in [0.3, 0.4) is 0 Å². The third-order valence-corrected chi connectivity index (χ3v) is 3.18. The van der Waals surface area contributed by atoms with Gasteiger partial charge in [-0.25, -0.2) is 4.39 Å². The number of hydrogen-bond donors (Lipinski definition) is 1. The van der Waals surface area contributed by atoms with Gasteiger partial charge in [0.2, 0.25) is 0 Å². The Morgan fingerprint density at radius 3 is 2.63 bits per heavy atom. The van der Waals surface area contributed by atoms with Gasteiger partial charge in [-0.2, -0.15) is 0 Å². The molecule has 19 heavy (non-hydrogen) atoms. The summed E-state index contributed by atoms with van der Waals surface area (Å²) in [4.78, 5) is 0. The first-order chi connectivity index (χ1) is 9.20. The molecule has 100 valence electrons. The Balaban J connectivity index is 2.19. The van der Waals surface area contributed by atoms with E-state index in [0.29, 0.717) is 0 Å². The molecule has 2 rings (SSSR count). The van der Waals surface area contributed by atoms with Gasteiger partial charge < -0.3 is 5.32 Å². The van der Waals surface area contributed by atoms with Crippen molar-refractivity contribution in [3.05, 3.63) is 59.4 Å². The highest BCUT2D eigenvalue weighted by Crippen LogP contribution is 2.24. The molecule has 1 nitrogen and oxygen atoms in total. The maximum absolute atomic E-state index is 13.3. The lowest BCUT2D eigenvalue weighted by molar-refractivity contribution is 0.628. The quantitative estimate of drug-likeness (QED) is 0.787. The highest BCUT2D eigenvalue weighted by Gasteiger charge is 2.04. The zero-order valence-electron chi connectivity index (χ0n) is 11.5. The Labute approximate surface area is 114 Å². The highest BCUT2D eigenvalue weighted by atomic mass is 19.1. The molecule has 0 saturated heterocycles. The number of hydrogen-bond acceptors (Lipinski definition) is 1. The lowest BCUT2D eigenvalue weighted by Gasteiger charge is -2.10. The fraction of sp³-hybridized carbons (Fsp3) is 0.294. The fourth-order valence-electron chi connectivity index (χ4n) is 2.23. The van der Waals surface area contributed by atoms with Gasteiger partial charge >= 0.3 is 0 Å². The summed E-state index contributed by atoms with van der Waals surface area (Å²) in [6.45, 7) is 6.15. The van der Waals surface area contributed by atoms with Crippen molar-refractivity contribution >= 4 is 0 Å². The van der Waals surface area contributed by atoms with Crippen molar-refractivity contribution in [2.75, 3.05) is 6.54 Å². The topological polar surface area (TPSA) is 12.0 Å². The van der Waals surface area contributed by atoms with E-state index in [1.165, 1.54) is 17.2 Å². The molecular weight excluding hydrogens is 237 g/mol. The standard InChI is InChI=1S/C17H20FN/c1-3-9-19-12-14-7-8-17(13(2)10-14)15-5-4-6-16(18)11-15/h4-8,10-11,19H,3,9,12H2,1-2H3. The molecule has 0 aliphatic carbocycles. The Bertz CT molecular complexity index is 549. The Morgan fingerprint density at radius 2 is 1.95 bits per heavy atom. The summed E-state index contributed by atoms with van der Waals surface area (Å²) in [6, 6.07) is 13.1. The molecular formula is C17H20FN. The molecule has 0 aliphatic heterocycles. The molecule has 0 unspecified atom stereocenters. The average molecular weight is 257 g/mol. The van der Waals surface area contributed by atoms with E-state index in [4.69, 9.17) is 0 Å². The predicted molar refractivity (Wildman–Crippen MR) is 78.6 cm³/mol. The zero-order chi connectivity index (χ0) is 13.7. The average Bonchev–Trinajstić information content (AvgIpc) is 2.39. The first-order valence-electron chi connectivity index (χ1n) is 6.77. The SMILES string of the molecule is CCCNCc1ccc(-c2cccc(F)c2)c(C)c1. The van der Waals surface area contributed by atoms with Crippen LogP contribution in [-0.4, -0.2) is 6.54 Å². The molecule has 2 aromatic rings. The normalized spacial score (nSPS) is 10.7. The third-order valence-electron chi connectivity index (χ3n) is 3.18. The minimum atomic E-state index is -0.189. The Kier molecular flexibility index (Phi) is 4.69. The molecule has 0 radical (unpaired) electrons. The predicted octanol–water partition coefficient (Wildman–Crippen LogP) is 4.30. The summed E-state index contributed by atoms with van der Waals surface area (Å²) in [5.41, 5.74) is 4.48. The van der Waals surface area contributed by atoms with Crippen LogP contribution in [0.1, 0.15) is 24.5 Å². The van der Waals surface area contributed by atoms with Crippen LogP contribution in [0.25, 0.3) is 11.1 Å². The van der Waals surface area contributed by atoms with E-state index in [2.05, 4.69) is 37.4 Å². The van der Waals surface area contributed by atoms with Crippen LogP contribution in [0, 0.1) is 12.7 Å². The third kappa shape index (κ3) is 3.65. The summed E-state index contributed by atoms with van der Waals surface area (Å²) in [5.74, 6) is -0.189. The smallest absolute Gasteiger partial charge is 0.123 e. The monoisotopic (exact) mass is 257 g/mol. The number of nitrogens with one attached hydrogen (secondary N) is 1. The van der Waals surface area contributed by atoms with Gasteiger partial charge in [-0.3, -0.25) is 0 Å². The molecule has 0 atom stereocenters. The van der Waals surface area contributed by atoms with E-state index in [9.17, 15) is 4.39 Å². The largest absolute Gasteiger partial charge is 0.313 e. The van der Waals surface area contributed by atoms with Crippen molar-refractivity contribution in [1.29, 1.82) is 0 Å². The molecule has 0 bridgehead atoms. The van der Waals surface area contributed by atoms with Crippen LogP contribution in [0.4, 0.5) is 4.39 Å². The van der Waals surface area contributed by atoms with E-state index in [1.54, 1.807) is 12.1 Å². The van der Waals surface area contributed by atoms with Crippen LogP contribution in [0.15, 0.2) is 42.5 Å². The summed E-state index contributed by atoms with van der Waals surface area (Å²) >= 11 is 0. The maximum atomic E-state index is 13.3. The first-order valence-corrected chi connectivity index (χ1v) is 6.77. The van der Waals surface area contributed by atoms with Gasteiger partial charge in [0.15, 0.2) is 0 Å². The number of rotatable bonds is 5. The lowest BCUT2D eigenvalue weighted by atomic mass is 9.98. The zero-order valence-corrected chi connectivity index (χ0v) is 11.5. The van der Waals surface area contributed by atoms with Crippen molar-refractivity contribution in [2.45, 2.75) is 26.8 Å². The van der Waals surface area contributed by atoms with Crippen molar-refractivity contribution in [3.63, 3.8) is 0 Å². The second kappa shape index (κ2) is 6.48. The molecule has 0 amide bonds. The fourth-order valence-corrected chi connectivity index (χ4v) is 2.23. The van der Waals surface area contributed by atoms with Gasteiger partial charge in [-0.05, 0) is 54.3 Å². The van der Waals surface area contributed by atoms with Gasteiger partial charge in [0.25, 0.3) is 0 Å². The molecule has 1 N–H and O–H groups in total. The second-order valence-electron chi connectivity index (χ2n) is 4.84. The Hall–Kier alpha value is -1.67. The number of benzene rings is 2. The van der Waals surface area contributed by atoms with Crippen LogP contribution < -0.4 is 5.32 Å². The summed E-state index contributed by atoms with van der Waals surface area (Å²) < 4.78 is 13.3. The van der Waals surface area contributed by atoms with Crippen LogP contribution in [0.5, 0.6) is 0 Å². The van der Waals surface area contributed by atoms with E-state index < -0.39 is 0 Å². The molecule has 0 aromatic heterocycles. The van der Waals surface area contributed by atoms with E-state index in [1.807, 2.05) is 6.07 Å². The van der Waals surface area contributed by atoms with Gasteiger partial charge in [0, 0.05) is 6.54 Å². The summed E-state index contributed by atoms with van der Waals surface area (Å²) in [5, 5.41) is 3.39. The van der Waals surface area contributed by atoms with Crippen LogP contribution in [-0.2, 0) is 6.54 Å². The van der Waals surface area contributed by atoms with E-state index in [-0.39, 0.29) is 5.82 Å². The first kappa shape index (κ1) is 13.8. The molecule has 0 spiro atoms. The van der Waals surface area contributed by atoms with Crippen molar-refractivity contribution in [3.8, 4) is 11.1 Å². The minimum Gasteiger partial charge on any atom is -0.313 e. The Morgan fingerprint density at radius 1 is 1.11 bits per heavy atom. The molecule has 0 fully saturated rings. The van der Waals surface area contributed by atoms with Crippen molar-refractivity contribution in [1.82, 2.24) is 5.32 Å². The number of aryl methyl sites for hydroxylation is 1. The van der Waals surface area contributed by atoms with Gasteiger partial charge in [-0.1, -0.05) is 37.3 Å². The summed E-state index contributed by atoms with van der Waals surface area (Å²) in [7, 11) is 0. The maximum Gasteiger partial charge on any atom is 0.123 e. The molecule has 2 heteroatoms. The number of halogens is 1. The van der Waals surface area contributed by atoms with Crippen molar-refractivity contribution < 1.29 is 4.39 Å². The van der Waals surface area contributed by atoms with Gasteiger partial charge in [0.05, 0.1) is 0 Å².